The van der Waals surface area contributed by atoms with Gasteiger partial charge >= 0.3 is 0 Å². The molecule has 0 unspecified atom stereocenters. The fourth-order valence-corrected chi connectivity index (χ4v) is 1.38. The number of methoxy groups -OCH3 is 1. The van der Waals surface area contributed by atoms with E-state index in [1.54, 1.807) is 7.11 Å². The summed E-state index contributed by atoms with van der Waals surface area (Å²) in [6.45, 7) is 15.2. The predicted molar refractivity (Wildman–Crippen MR) is 69.4 cm³/mol. The number of rotatable bonds is 1. The van der Waals surface area contributed by atoms with Crippen molar-refractivity contribution in [2.45, 2.75) is 54.1 Å². The Morgan fingerprint density at radius 1 is 1.20 bits per heavy atom. The molecule has 0 N–H and O–H groups in total. The minimum Gasteiger partial charge on any atom is -0.382 e. The molecule has 0 bridgehead atoms. The van der Waals surface area contributed by atoms with E-state index in [-0.39, 0.29) is 0 Å². The molecule has 0 aromatic carbocycles. The van der Waals surface area contributed by atoms with E-state index in [0.29, 0.717) is 11.5 Å². The van der Waals surface area contributed by atoms with Gasteiger partial charge in [0.05, 0.1) is 6.10 Å². The van der Waals surface area contributed by atoms with Gasteiger partial charge in [0.15, 0.2) is 0 Å². The van der Waals surface area contributed by atoms with Gasteiger partial charge in [-0.15, -0.1) is 0 Å². The van der Waals surface area contributed by atoms with Crippen LogP contribution in [0, 0.1) is 5.41 Å². The van der Waals surface area contributed by atoms with Crippen LogP contribution in [0.15, 0.2) is 0 Å². The summed E-state index contributed by atoms with van der Waals surface area (Å²) in [7, 11) is 3.89. The maximum absolute atomic E-state index is 4.75. The second-order valence-electron chi connectivity index (χ2n) is 4.94. The summed E-state index contributed by atoms with van der Waals surface area (Å²) in [6, 6.07) is 0. The molecule has 0 aromatic rings. The van der Waals surface area contributed by atoms with E-state index < -0.39 is 0 Å². The second-order valence-corrected chi connectivity index (χ2v) is 4.94. The summed E-state index contributed by atoms with van der Waals surface area (Å²) in [5.74, 6) is 0. The fraction of sp³-hybridized carbons (Fsp3) is 1.00. The third kappa shape index (κ3) is 11.8. The van der Waals surface area contributed by atoms with Crippen LogP contribution < -0.4 is 0 Å². The van der Waals surface area contributed by atoms with Crippen LogP contribution in [0.4, 0.5) is 0 Å². The quantitative estimate of drug-likeness (QED) is 0.667. The summed E-state index contributed by atoms with van der Waals surface area (Å²) in [4.78, 5) is 2.39. The van der Waals surface area contributed by atoms with E-state index in [1.807, 2.05) is 27.7 Å². The van der Waals surface area contributed by atoms with Gasteiger partial charge in [-0.3, -0.25) is 0 Å². The molecule has 94 valence electrons. The van der Waals surface area contributed by atoms with E-state index in [1.165, 1.54) is 19.5 Å². The van der Waals surface area contributed by atoms with Crippen LogP contribution in [0.5, 0.6) is 0 Å². The van der Waals surface area contributed by atoms with Crippen LogP contribution in [-0.2, 0) is 4.74 Å². The van der Waals surface area contributed by atoms with Gasteiger partial charge in [-0.2, -0.15) is 0 Å². The molecule has 0 aromatic heterocycles. The zero-order valence-electron chi connectivity index (χ0n) is 12.1. The fourth-order valence-electron chi connectivity index (χ4n) is 1.38. The maximum atomic E-state index is 4.75. The Kier molecular flexibility index (Phi) is 10.6. The standard InChI is InChI=1S/C7H15N.C4H10O.C2H6/c1-7(2)4-5-8(3)6-7;1-4(2)5-3;1-2/h4-6H2,1-3H3;4H,1-3H3;1-2H3. The Bertz CT molecular complexity index is 132. The van der Waals surface area contributed by atoms with E-state index >= 15 is 0 Å². The zero-order valence-corrected chi connectivity index (χ0v) is 12.1. The number of ether oxygens (including phenoxy) is 1. The average Bonchev–Trinajstić information content (AvgIpc) is 2.48. The summed E-state index contributed by atoms with van der Waals surface area (Å²) < 4.78 is 4.75. The van der Waals surface area contributed by atoms with E-state index in [9.17, 15) is 0 Å². The average molecular weight is 217 g/mol. The number of nitrogens with zero attached hydrogens (tertiary/aromatic N) is 1. The van der Waals surface area contributed by atoms with Crippen LogP contribution in [-0.4, -0.2) is 38.3 Å². The highest BCUT2D eigenvalue weighted by atomic mass is 16.5. The number of likely N-dealkylation sites (tertiary alicyclic amines) is 1. The topological polar surface area (TPSA) is 12.5 Å². The zero-order chi connectivity index (χ0) is 12.5. The molecule has 2 nitrogen and oxygen atoms in total. The first-order valence-corrected chi connectivity index (χ1v) is 6.09. The molecule has 0 radical (unpaired) electrons. The van der Waals surface area contributed by atoms with Gasteiger partial charge in [-0.25, -0.2) is 0 Å². The minimum absolute atomic E-state index is 0.384. The summed E-state index contributed by atoms with van der Waals surface area (Å²) in [6.07, 6.45) is 1.75. The van der Waals surface area contributed by atoms with Crippen molar-refractivity contribution in [3.63, 3.8) is 0 Å². The predicted octanol–water partition coefficient (Wildman–Crippen LogP) is 3.42. The van der Waals surface area contributed by atoms with Crippen LogP contribution in [0.2, 0.25) is 0 Å². The maximum Gasteiger partial charge on any atom is 0.0515 e. The molecule has 1 rings (SSSR count). The Morgan fingerprint density at radius 3 is 1.67 bits per heavy atom. The van der Waals surface area contributed by atoms with Crippen molar-refractivity contribution in [3.05, 3.63) is 0 Å². The van der Waals surface area contributed by atoms with Crippen LogP contribution >= 0.6 is 0 Å². The van der Waals surface area contributed by atoms with Crippen LogP contribution in [0.1, 0.15) is 48.0 Å². The minimum atomic E-state index is 0.384. The number of hydrogen-bond donors (Lipinski definition) is 0. The molecule has 1 saturated heterocycles. The first-order valence-electron chi connectivity index (χ1n) is 6.09. The summed E-state index contributed by atoms with van der Waals surface area (Å²) in [5, 5.41) is 0. The molecular formula is C13H31NO. The highest BCUT2D eigenvalue weighted by molar-refractivity contribution is 4.79. The molecule has 1 fully saturated rings. The van der Waals surface area contributed by atoms with Gasteiger partial charge in [-0.05, 0) is 39.3 Å². The second kappa shape index (κ2) is 9.17. The lowest BCUT2D eigenvalue weighted by Crippen LogP contribution is -2.18. The van der Waals surface area contributed by atoms with Crippen LogP contribution in [0.3, 0.4) is 0 Å². The van der Waals surface area contributed by atoms with Crippen molar-refractivity contribution >= 4 is 0 Å². The van der Waals surface area contributed by atoms with Gasteiger partial charge < -0.3 is 9.64 Å². The van der Waals surface area contributed by atoms with Crippen molar-refractivity contribution in [1.82, 2.24) is 4.90 Å². The molecule has 0 spiro atoms. The first kappa shape index (κ1) is 17.3. The van der Waals surface area contributed by atoms with Gasteiger partial charge in [0.1, 0.15) is 0 Å². The molecule has 0 amide bonds. The molecular weight excluding hydrogens is 186 g/mol. The van der Waals surface area contributed by atoms with Crippen molar-refractivity contribution in [2.75, 3.05) is 27.2 Å². The third-order valence-corrected chi connectivity index (χ3v) is 2.34. The van der Waals surface area contributed by atoms with Gasteiger partial charge in [-0.1, -0.05) is 27.7 Å². The summed E-state index contributed by atoms with van der Waals surface area (Å²) >= 11 is 0. The van der Waals surface area contributed by atoms with Gasteiger partial charge in [0.2, 0.25) is 0 Å². The molecule has 0 saturated carbocycles. The highest BCUT2D eigenvalue weighted by Gasteiger charge is 2.26. The SMILES string of the molecule is CC.CN1CCC(C)(C)C1.COC(C)C. The summed E-state index contributed by atoms with van der Waals surface area (Å²) in [5.41, 5.74) is 0.592. The first-order chi connectivity index (χ1) is 6.87. The Labute approximate surface area is 97.0 Å². The molecule has 0 atom stereocenters. The molecule has 1 aliphatic heterocycles. The molecule has 1 aliphatic rings. The molecule has 2 heteroatoms. The molecule has 1 heterocycles. The smallest absolute Gasteiger partial charge is 0.0515 e. The van der Waals surface area contributed by atoms with Crippen molar-refractivity contribution in [2.24, 2.45) is 5.41 Å². The van der Waals surface area contributed by atoms with E-state index in [0.717, 1.165) is 0 Å². The van der Waals surface area contributed by atoms with Crippen molar-refractivity contribution in [3.8, 4) is 0 Å². The molecule has 15 heavy (non-hydrogen) atoms. The Hall–Kier alpha value is -0.0800. The normalized spacial score (nSPS) is 19.0. The van der Waals surface area contributed by atoms with E-state index in [2.05, 4.69) is 25.8 Å². The lowest BCUT2D eigenvalue weighted by atomic mass is 9.93. The third-order valence-electron chi connectivity index (χ3n) is 2.34. The van der Waals surface area contributed by atoms with Crippen molar-refractivity contribution in [1.29, 1.82) is 0 Å². The van der Waals surface area contributed by atoms with Gasteiger partial charge in [0, 0.05) is 13.7 Å². The number of hydrogen-bond acceptors (Lipinski definition) is 2. The van der Waals surface area contributed by atoms with Gasteiger partial charge in [0.25, 0.3) is 0 Å². The Morgan fingerprint density at radius 2 is 1.60 bits per heavy atom. The van der Waals surface area contributed by atoms with Crippen LogP contribution in [0.25, 0.3) is 0 Å². The largest absolute Gasteiger partial charge is 0.382 e. The lowest BCUT2D eigenvalue weighted by Gasteiger charge is -2.15. The lowest BCUT2D eigenvalue weighted by molar-refractivity contribution is 0.134. The Balaban J connectivity index is 0. The highest BCUT2D eigenvalue weighted by Crippen LogP contribution is 2.26. The monoisotopic (exact) mass is 217 g/mol. The van der Waals surface area contributed by atoms with Crippen molar-refractivity contribution < 1.29 is 4.74 Å². The molecule has 0 aliphatic carbocycles. The van der Waals surface area contributed by atoms with E-state index in [4.69, 9.17) is 4.74 Å².